The Morgan fingerprint density at radius 1 is 0.857 bits per heavy atom. The topological polar surface area (TPSA) is 18.5 Å². The molecule has 0 aliphatic rings. The number of ether oxygens (including phenoxy) is 2. The van der Waals surface area contributed by atoms with Gasteiger partial charge in [-0.1, -0.05) is 45.4 Å². The van der Waals surface area contributed by atoms with E-state index in [1.807, 2.05) is 0 Å². The molecule has 5 heteroatoms. The molecule has 0 aromatic carbocycles. The lowest BCUT2D eigenvalue weighted by Crippen LogP contribution is -2.39. The van der Waals surface area contributed by atoms with Gasteiger partial charge >= 0.3 is 6.18 Å². The van der Waals surface area contributed by atoms with Crippen molar-refractivity contribution in [3.05, 3.63) is 0 Å². The fourth-order valence-electron chi connectivity index (χ4n) is 2.59. The van der Waals surface area contributed by atoms with Gasteiger partial charge in [0.05, 0.1) is 0 Å². The molecule has 0 saturated heterocycles. The molecule has 0 N–H and O–H groups in total. The maximum atomic E-state index is 12.5. The molecule has 0 saturated carbocycles. The highest BCUT2D eigenvalue weighted by Crippen LogP contribution is 2.34. The molecule has 0 aliphatic heterocycles. The van der Waals surface area contributed by atoms with Crippen molar-refractivity contribution in [2.45, 2.75) is 83.6 Å². The Morgan fingerprint density at radius 2 is 1.38 bits per heavy atom. The van der Waals surface area contributed by atoms with Crippen LogP contribution in [0.3, 0.4) is 0 Å². The summed E-state index contributed by atoms with van der Waals surface area (Å²) in [6.07, 6.45) is 2.62. The molecule has 1 atom stereocenters. The van der Waals surface area contributed by atoms with Gasteiger partial charge in [0, 0.05) is 26.6 Å². The highest BCUT2D eigenvalue weighted by atomic mass is 19.4. The number of alkyl halides is 3. The molecule has 0 rings (SSSR count). The number of hydrogen-bond acceptors (Lipinski definition) is 2. The number of rotatable bonds is 12. The van der Waals surface area contributed by atoms with Crippen molar-refractivity contribution in [1.82, 2.24) is 0 Å². The smallest absolute Gasteiger partial charge is 0.353 e. The molecular weight excluding hydrogens is 281 g/mol. The van der Waals surface area contributed by atoms with E-state index in [9.17, 15) is 13.2 Å². The van der Waals surface area contributed by atoms with E-state index in [0.717, 1.165) is 19.3 Å². The summed E-state index contributed by atoms with van der Waals surface area (Å²) < 4.78 is 48.0. The Balaban J connectivity index is 4.32. The molecule has 0 fully saturated rings. The van der Waals surface area contributed by atoms with E-state index in [-0.39, 0.29) is 12.3 Å². The van der Waals surface area contributed by atoms with Crippen LogP contribution in [0.4, 0.5) is 13.2 Å². The monoisotopic (exact) mass is 312 g/mol. The van der Waals surface area contributed by atoms with E-state index in [1.54, 1.807) is 6.92 Å². The molecule has 0 heterocycles. The molecule has 21 heavy (non-hydrogen) atoms. The predicted octanol–water partition coefficient (Wildman–Crippen LogP) is 5.70. The molecule has 0 aromatic heterocycles. The first-order valence-electron chi connectivity index (χ1n) is 7.96. The summed E-state index contributed by atoms with van der Waals surface area (Å²) in [5.74, 6) is -1.17. The summed E-state index contributed by atoms with van der Waals surface area (Å²) >= 11 is 0. The molecule has 0 aliphatic carbocycles. The fraction of sp³-hybridized carbons (Fsp3) is 1.00. The van der Waals surface area contributed by atoms with Crippen molar-refractivity contribution in [1.29, 1.82) is 0 Å². The van der Waals surface area contributed by atoms with Crippen LogP contribution in [0.1, 0.15) is 71.6 Å². The van der Waals surface area contributed by atoms with Crippen molar-refractivity contribution < 1.29 is 22.6 Å². The molecule has 2 nitrogen and oxygen atoms in total. The molecule has 0 aromatic rings. The van der Waals surface area contributed by atoms with Crippen molar-refractivity contribution in [3.63, 3.8) is 0 Å². The van der Waals surface area contributed by atoms with E-state index >= 15 is 0 Å². The van der Waals surface area contributed by atoms with Crippen LogP contribution in [-0.2, 0) is 9.47 Å². The van der Waals surface area contributed by atoms with Crippen LogP contribution in [0.25, 0.3) is 0 Å². The first-order valence-corrected chi connectivity index (χ1v) is 7.96. The molecule has 0 amide bonds. The maximum absolute atomic E-state index is 12.5. The third-order valence-electron chi connectivity index (χ3n) is 4.23. The number of unbranched alkanes of at least 4 members (excludes halogenated alkanes) is 5. The summed E-state index contributed by atoms with van der Waals surface area (Å²) in [5.41, 5.74) is 0. The van der Waals surface area contributed by atoms with Crippen LogP contribution in [-0.4, -0.2) is 26.2 Å². The van der Waals surface area contributed by atoms with Gasteiger partial charge in [0.1, 0.15) is 0 Å². The van der Waals surface area contributed by atoms with Gasteiger partial charge in [-0.15, -0.1) is 0 Å². The lowest BCUT2D eigenvalue weighted by molar-refractivity contribution is -0.235. The minimum Gasteiger partial charge on any atom is -0.353 e. The molecule has 0 bridgehead atoms. The maximum Gasteiger partial charge on any atom is 0.389 e. The summed E-state index contributed by atoms with van der Waals surface area (Å²) in [5, 5.41) is 0. The second-order valence-corrected chi connectivity index (χ2v) is 5.83. The van der Waals surface area contributed by atoms with Crippen LogP contribution in [0.2, 0.25) is 0 Å². The van der Waals surface area contributed by atoms with Gasteiger partial charge in [-0.25, -0.2) is 0 Å². The van der Waals surface area contributed by atoms with E-state index < -0.39 is 18.4 Å². The third-order valence-corrected chi connectivity index (χ3v) is 4.23. The van der Waals surface area contributed by atoms with Crippen LogP contribution in [0, 0.1) is 5.92 Å². The Labute approximate surface area is 127 Å². The molecular formula is C16H31F3O2. The van der Waals surface area contributed by atoms with E-state index in [4.69, 9.17) is 9.47 Å². The fourth-order valence-corrected chi connectivity index (χ4v) is 2.59. The summed E-state index contributed by atoms with van der Waals surface area (Å²) in [6.45, 7) is 3.89. The van der Waals surface area contributed by atoms with Gasteiger partial charge in [-0.3, -0.25) is 0 Å². The highest BCUT2D eigenvalue weighted by molar-refractivity contribution is 4.76. The number of halogens is 3. The lowest BCUT2D eigenvalue weighted by atomic mass is 9.88. The SMILES string of the molecule is CCCCCCCCC(CCC(F)(F)F)C(C)(OC)OC. The Hall–Kier alpha value is -0.290. The van der Waals surface area contributed by atoms with E-state index in [1.165, 1.54) is 33.5 Å². The van der Waals surface area contributed by atoms with Crippen molar-refractivity contribution in [2.24, 2.45) is 5.92 Å². The van der Waals surface area contributed by atoms with Gasteiger partial charge < -0.3 is 9.47 Å². The largest absolute Gasteiger partial charge is 0.389 e. The number of hydrogen-bond donors (Lipinski definition) is 0. The zero-order valence-electron chi connectivity index (χ0n) is 13.9. The second-order valence-electron chi connectivity index (χ2n) is 5.83. The van der Waals surface area contributed by atoms with Crippen LogP contribution >= 0.6 is 0 Å². The summed E-state index contributed by atoms with van der Waals surface area (Å²) in [6, 6.07) is 0. The zero-order chi connectivity index (χ0) is 16.4. The van der Waals surface area contributed by atoms with Gasteiger partial charge in [0.25, 0.3) is 0 Å². The minimum atomic E-state index is -4.12. The van der Waals surface area contributed by atoms with Gasteiger partial charge in [0.2, 0.25) is 0 Å². The predicted molar refractivity (Wildman–Crippen MR) is 79.2 cm³/mol. The van der Waals surface area contributed by atoms with Crippen LogP contribution < -0.4 is 0 Å². The normalized spacial score (nSPS) is 14.4. The highest BCUT2D eigenvalue weighted by Gasteiger charge is 2.37. The zero-order valence-corrected chi connectivity index (χ0v) is 13.9. The molecule has 0 radical (unpaired) electrons. The van der Waals surface area contributed by atoms with Crippen LogP contribution in [0.5, 0.6) is 0 Å². The van der Waals surface area contributed by atoms with Gasteiger partial charge in [-0.2, -0.15) is 13.2 Å². The quantitative estimate of drug-likeness (QED) is 0.340. The third kappa shape index (κ3) is 9.35. The van der Waals surface area contributed by atoms with Crippen molar-refractivity contribution >= 4 is 0 Å². The first kappa shape index (κ1) is 20.7. The van der Waals surface area contributed by atoms with E-state index in [2.05, 4.69) is 6.92 Å². The average molecular weight is 312 g/mol. The Bertz CT molecular complexity index is 250. The number of methoxy groups -OCH3 is 2. The Kier molecular flexibility index (Phi) is 10.3. The molecule has 1 unspecified atom stereocenters. The second kappa shape index (κ2) is 10.4. The summed E-state index contributed by atoms with van der Waals surface area (Å²) in [4.78, 5) is 0. The average Bonchev–Trinajstić information content (AvgIpc) is 2.43. The Morgan fingerprint density at radius 3 is 1.86 bits per heavy atom. The van der Waals surface area contributed by atoms with Crippen molar-refractivity contribution in [3.8, 4) is 0 Å². The standard InChI is InChI=1S/C16H31F3O2/c1-5-6-7-8-9-10-11-14(12-13-16(17,18)19)15(2,20-3)21-4/h14H,5-13H2,1-4H3. The van der Waals surface area contributed by atoms with E-state index in [0.29, 0.717) is 6.42 Å². The van der Waals surface area contributed by atoms with Gasteiger partial charge in [-0.05, 0) is 19.8 Å². The molecule has 128 valence electrons. The summed E-state index contributed by atoms with van der Waals surface area (Å²) in [7, 11) is 2.98. The lowest BCUT2D eigenvalue weighted by Gasteiger charge is -2.35. The first-order chi connectivity index (χ1) is 9.79. The van der Waals surface area contributed by atoms with Crippen molar-refractivity contribution in [2.75, 3.05) is 14.2 Å². The van der Waals surface area contributed by atoms with Gasteiger partial charge in [0.15, 0.2) is 5.79 Å². The van der Waals surface area contributed by atoms with Crippen LogP contribution in [0.15, 0.2) is 0 Å². The minimum absolute atomic E-state index is 0.0522. The molecule has 0 spiro atoms.